The van der Waals surface area contributed by atoms with E-state index in [-0.39, 0.29) is 21.5 Å². The fourth-order valence-corrected chi connectivity index (χ4v) is 6.23. The summed E-state index contributed by atoms with van der Waals surface area (Å²) in [6.45, 7) is 2.03. The van der Waals surface area contributed by atoms with E-state index in [4.69, 9.17) is 34.8 Å². The highest BCUT2D eigenvalue weighted by atomic mass is 35.5. The molecule has 0 spiro atoms. The number of carbonyl (C=O) groups excluding carboxylic acids is 2. The number of rotatable bonds is 6. The quantitative estimate of drug-likeness (QED) is 0.0800. The molecule has 5 rings (SSSR count). The molecule has 0 saturated carbocycles. The van der Waals surface area contributed by atoms with Crippen LogP contribution in [-0.2, 0) is 15.3 Å². The van der Waals surface area contributed by atoms with Gasteiger partial charge in [0.2, 0.25) is 5.13 Å². The second-order valence-electron chi connectivity index (χ2n) is 8.47. The molecule has 1 fully saturated rings. The highest BCUT2D eigenvalue weighted by molar-refractivity contribution is 8.00. The number of Topliss-reactive ketones (excluding diaryl/α,β-unsaturated/α-hetero) is 1. The van der Waals surface area contributed by atoms with Crippen LogP contribution in [0.3, 0.4) is 0 Å². The SMILES string of the molecule is Cc1ccc(CSc2nnc(N3C(=O)C(=O)/C(=C(\O)c4ccc(Cl)cc4)C3c3ccc(Cl)c(Cl)c3)s2)cc1. The van der Waals surface area contributed by atoms with E-state index in [1.54, 1.807) is 42.5 Å². The van der Waals surface area contributed by atoms with Crippen molar-refractivity contribution in [3.63, 3.8) is 0 Å². The molecule has 1 aliphatic heterocycles. The zero-order valence-corrected chi connectivity index (χ0v) is 23.6. The molecule has 3 aromatic carbocycles. The summed E-state index contributed by atoms with van der Waals surface area (Å²) >= 11 is 21.1. The van der Waals surface area contributed by atoms with E-state index in [1.807, 2.05) is 31.2 Å². The third-order valence-electron chi connectivity index (χ3n) is 5.91. The van der Waals surface area contributed by atoms with Crippen LogP contribution >= 0.6 is 57.9 Å². The van der Waals surface area contributed by atoms with Crippen molar-refractivity contribution in [2.45, 2.75) is 23.1 Å². The first-order chi connectivity index (χ1) is 18.2. The van der Waals surface area contributed by atoms with E-state index in [9.17, 15) is 14.7 Å². The Bertz CT molecular complexity index is 1570. The lowest BCUT2D eigenvalue weighted by Crippen LogP contribution is -2.29. The van der Waals surface area contributed by atoms with Crippen LogP contribution in [-0.4, -0.2) is 27.0 Å². The summed E-state index contributed by atoms with van der Waals surface area (Å²) in [5.74, 6) is -1.35. The Morgan fingerprint density at radius 1 is 0.974 bits per heavy atom. The fraction of sp³-hybridized carbons (Fsp3) is 0.111. The number of carbonyl (C=O) groups is 2. The molecule has 6 nitrogen and oxygen atoms in total. The van der Waals surface area contributed by atoms with Gasteiger partial charge in [-0.3, -0.25) is 14.5 Å². The molecule has 1 saturated heterocycles. The van der Waals surface area contributed by atoms with Crippen molar-refractivity contribution in [2.75, 3.05) is 4.90 Å². The van der Waals surface area contributed by atoms with Crippen molar-refractivity contribution >= 4 is 80.5 Å². The summed E-state index contributed by atoms with van der Waals surface area (Å²) in [7, 11) is 0. The highest BCUT2D eigenvalue weighted by Crippen LogP contribution is 2.45. The normalized spacial score (nSPS) is 16.8. The van der Waals surface area contributed by atoms with Gasteiger partial charge in [0.15, 0.2) is 4.34 Å². The Kier molecular flexibility index (Phi) is 7.79. The zero-order valence-electron chi connectivity index (χ0n) is 19.7. The predicted molar refractivity (Wildman–Crippen MR) is 153 cm³/mol. The second kappa shape index (κ2) is 11.1. The number of amides is 1. The molecule has 2 heterocycles. The van der Waals surface area contributed by atoms with Crippen LogP contribution in [0.4, 0.5) is 5.13 Å². The molecular formula is C27H18Cl3N3O3S2. The Hall–Kier alpha value is -2.88. The lowest BCUT2D eigenvalue weighted by molar-refractivity contribution is -0.132. The lowest BCUT2D eigenvalue weighted by atomic mass is 9.95. The van der Waals surface area contributed by atoms with Crippen LogP contribution in [0.1, 0.15) is 28.3 Å². The molecule has 1 aliphatic rings. The van der Waals surface area contributed by atoms with Crippen molar-refractivity contribution in [1.82, 2.24) is 10.2 Å². The topological polar surface area (TPSA) is 83.4 Å². The van der Waals surface area contributed by atoms with Crippen LogP contribution in [0, 0.1) is 6.92 Å². The van der Waals surface area contributed by atoms with E-state index >= 15 is 0 Å². The zero-order chi connectivity index (χ0) is 27.0. The lowest BCUT2D eigenvalue weighted by Gasteiger charge is -2.22. The molecule has 0 radical (unpaired) electrons. The van der Waals surface area contributed by atoms with Crippen molar-refractivity contribution in [3.8, 4) is 0 Å². The maximum atomic E-state index is 13.3. The second-order valence-corrected chi connectivity index (χ2v) is 11.9. The first-order valence-electron chi connectivity index (χ1n) is 11.3. The van der Waals surface area contributed by atoms with Gasteiger partial charge in [-0.1, -0.05) is 93.8 Å². The summed E-state index contributed by atoms with van der Waals surface area (Å²) in [4.78, 5) is 27.9. The molecule has 0 bridgehead atoms. The molecule has 38 heavy (non-hydrogen) atoms. The monoisotopic (exact) mass is 601 g/mol. The van der Waals surface area contributed by atoms with Gasteiger partial charge in [-0.15, -0.1) is 10.2 Å². The number of ketones is 1. The fourth-order valence-electron chi connectivity index (χ4n) is 3.98. The van der Waals surface area contributed by atoms with Gasteiger partial charge in [0.25, 0.3) is 5.78 Å². The van der Waals surface area contributed by atoms with E-state index in [1.165, 1.54) is 33.6 Å². The molecule has 1 amide bonds. The Morgan fingerprint density at radius 2 is 1.68 bits per heavy atom. The average Bonchev–Trinajstić information content (AvgIpc) is 3.47. The molecule has 4 aromatic rings. The summed E-state index contributed by atoms with van der Waals surface area (Å²) < 4.78 is 0.632. The minimum absolute atomic E-state index is 0.0974. The number of aryl methyl sites for hydroxylation is 1. The summed E-state index contributed by atoms with van der Waals surface area (Å²) in [5.41, 5.74) is 3.02. The highest BCUT2D eigenvalue weighted by Gasteiger charge is 2.48. The molecule has 1 aromatic heterocycles. The third kappa shape index (κ3) is 5.32. The number of thioether (sulfide) groups is 1. The number of aliphatic hydroxyl groups excluding tert-OH is 1. The molecule has 1 atom stereocenters. The van der Waals surface area contributed by atoms with Crippen LogP contribution in [0.2, 0.25) is 15.1 Å². The molecule has 11 heteroatoms. The van der Waals surface area contributed by atoms with Gasteiger partial charge in [0, 0.05) is 16.3 Å². The number of benzene rings is 3. The number of hydrogen-bond donors (Lipinski definition) is 1. The van der Waals surface area contributed by atoms with Crippen molar-refractivity contribution < 1.29 is 14.7 Å². The summed E-state index contributed by atoms with van der Waals surface area (Å²) in [6.07, 6.45) is 0. The van der Waals surface area contributed by atoms with Gasteiger partial charge in [-0.05, 0) is 54.4 Å². The van der Waals surface area contributed by atoms with Crippen molar-refractivity contribution in [2.24, 2.45) is 0 Å². The minimum Gasteiger partial charge on any atom is -0.507 e. The predicted octanol–water partition coefficient (Wildman–Crippen LogP) is 7.73. The molecule has 0 aliphatic carbocycles. The van der Waals surface area contributed by atoms with Gasteiger partial charge in [-0.25, -0.2) is 0 Å². The maximum absolute atomic E-state index is 13.3. The number of anilines is 1. The van der Waals surface area contributed by atoms with Gasteiger partial charge in [0.1, 0.15) is 5.76 Å². The first kappa shape index (κ1) is 26.7. The minimum atomic E-state index is -0.997. The number of aromatic nitrogens is 2. The van der Waals surface area contributed by atoms with E-state index in [2.05, 4.69) is 10.2 Å². The first-order valence-corrected chi connectivity index (χ1v) is 14.2. The van der Waals surface area contributed by atoms with Crippen LogP contribution in [0.5, 0.6) is 0 Å². The van der Waals surface area contributed by atoms with E-state index in [0.29, 0.717) is 31.3 Å². The van der Waals surface area contributed by atoms with Crippen LogP contribution < -0.4 is 4.90 Å². The van der Waals surface area contributed by atoms with Crippen molar-refractivity contribution in [1.29, 1.82) is 0 Å². The number of halogens is 3. The van der Waals surface area contributed by atoms with Crippen LogP contribution in [0.15, 0.2) is 76.6 Å². The van der Waals surface area contributed by atoms with Crippen molar-refractivity contribution in [3.05, 3.63) is 110 Å². The molecule has 192 valence electrons. The van der Waals surface area contributed by atoms with E-state index < -0.39 is 17.7 Å². The largest absolute Gasteiger partial charge is 0.507 e. The Balaban J connectivity index is 1.55. The summed E-state index contributed by atoms with van der Waals surface area (Å²) in [5, 5.41) is 20.9. The molecular weight excluding hydrogens is 585 g/mol. The molecule has 1 N–H and O–H groups in total. The third-order valence-corrected chi connectivity index (χ3v) is 9.02. The number of hydrogen-bond acceptors (Lipinski definition) is 7. The van der Waals surface area contributed by atoms with E-state index in [0.717, 1.165) is 5.56 Å². The number of nitrogens with zero attached hydrogens (tertiary/aromatic N) is 3. The van der Waals surface area contributed by atoms with Gasteiger partial charge in [0.05, 0.1) is 21.7 Å². The smallest absolute Gasteiger partial charge is 0.301 e. The standard InChI is InChI=1S/C27H18Cl3N3O3S2/c1-14-2-4-15(5-3-14)13-37-27-32-31-26(38-27)33-22(17-8-11-19(29)20(30)12-17)21(24(35)25(33)36)23(34)16-6-9-18(28)10-7-16/h2-12,22,34H,13H2,1H3/b23-21-. The Morgan fingerprint density at radius 3 is 2.37 bits per heavy atom. The number of aliphatic hydroxyl groups is 1. The van der Waals surface area contributed by atoms with Gasteiger partial charge in [-0.2, -0.15) is 0 Å². The maximum Gasteiger partial charge on any atom is 0.301 e. The molecule has 1 unspecified atom stereocenters. The van der Waals surface area contributed by atoms with Gasteiger partial charge < -0.3 is 5.11 Å². The summed E-state index contributed by atoms with van der Waals surface area (Å²) in [6, 6.07) is 18.3. The average molecular weight is 603 g/mol. The Labute approximate surface area is 241 Å². The van der Waals surface area contributed by atoms with Gasteiger partial charge >= 0.3 is 5.91 Å². The van der Waals surface area contributed by atoms with Crippen LogP contribution in [0.25, 0.3) is 5.76 Å².